The molecule has 3 heterocycles. The molecule has 1 aromatic carbocycles. The normalized spacial score (nSPS) is 10.6. The Balaban J connectivity index is 1.90. The summed E-state index contributed by atoms with van der Waals surface area (Å²) in [7, 11) is 0. The van der Waals surface area contributed by atoms with E-state index in [2.05, 4.69) is 32.1 Å². The summed E-state index contributed by atoms with van der Waals surface area (Å²) < 4.78 is 0. The van der Waals surface area contributed by atoms with Gasteiger partial charge in [-0.3, -0.25) is 4.98 Å². The number of hydrogen-bond acceptors (Lipinski definition) is 5. The Labute approximate surface area is 137 Å². The molecule has 0 atom stereocenters. The zero-order valence-corrected chi connectivity index (χ0v) is 12.9. The summed E-state index contributed by atoms with van der Waals surface area (Å²) >= 11 is 1.59. The van der Waals surface area contributed by atoms with E-state index in [4.69, 9.17) is 0 Å². The number of pyridine rings is 1. The zero-order chi connectivity index (χ0) is 15.5. The lowest BCUT2D eigenvalue weighted by Gasteiger charge is -2.08. The second-order valence-electron chi connectivity index (χ2n) is 4.89. The van der Waals surface area contributed by atoms with Gasteiger partial charge in [-0.25, -0.2) is 15.0 Å². The van der Waals surface area contributed by atoms with Crippen molar-refractivity contribution in [1.29, 1.82) is 0 Å². The van der Waals surface area contributed by atoms with E-state index in [9.17, 15) is 0 Å². The van der Waals surface area contributed by atoms with Crippen molar-refractivity contribution in [3.05, 3.63) is 72.8 Å². The Hall–Kier alpha value is -2.92. The fraction of sp³-hybridized carbons (Fsp3) is 0. The number of aromatic nitrogens is 4. The van der Waals surface area contributed by atoms with Crippen molar-refractivity contribution in [2.24, 2.45) is 0 Å². The summed E-state index contributed by atoms with van der Waals surface area (Å²) in [5.41, 5.74) is 6.63. The molecule has 0 saturated carbocycles. The van der Waals surface area contributed by atoms with Gasteiger partial charge >= 0.3 is 0 Å². The molecular weight excluding hydrogens is 304 g/mol. The maximum absolute atomic E-state index is 4.59. The van der Waals surface area contributed by atoms with Crippen LogP contribution in [-0.2, 0) is 0 Å². The molecule has 0 unspecified atom stereocenters. The van der Waals surface area contributed by atoms with Crippen molar-refractivity contribution >= 4 is 11.3 Å². The monoisotopic (exact) mass is 316 g/mol. The van der Waals surface area contributed by atoms with Crippen molar-refractivity contribution in [2.45, 2.75) is 0 Å². The topological polar surface area (TPSA) is 51.6 Å². The third-order valence-corrected chi connectivity index (χ3v) is 4.33. The van der Waals surface area contributed by atoms with E-state index in [0.717, 1.165) is 33.1 Å². The summed E-state index contributed by atoms with van der Waals surface area (Å²) in [6.07, 6.45) is 5.09. The van der Waals surface area contributed by atoms with E-state index in [1.807, 2.05) is 41.9 Å². The summed E-state index contributed by atoms with van der Waals surface area (Å²) in [5, 5.41) is 0. The van der Waals surface area contributed by atoms with Gasteiger partial charge in [0, 0.05) is 23.5 Å². The minimum Gasteiger partial charge on any atom is -0.255 e. The van der Waals surface area contributed by atoms with Gasteiger partial charge in [0.2, 0.25) is 0 Å². The van der Waals surface area contributed by atoms with E-state index >= 15 is 0 Å². The lowest BCUT2D eigenvalue weighted by atomic mass is 10.0. The zero-order valence-electron chi connectivity index (χ0n) is 12.1. The molecule has 4 rings (SSSR count). The predicted molar refractivity (Wildman–Crippen MR) is 91.8 cm³/mol. The van der Waals surface area contributed by atoms with Crippen LogP contribution in [0, 0.1) is 0 Å². The minimum absolute atomic E-state index is 0.857. The summed E-state index contributed by atoms with van der Waals surface area (Å²) in [4.78, 5) is 18.5. The van der Waals surface area contributed by atoms with E-state index in [-0.39, 0.29) is 0 Å². The number of thiazole rings is 1. The molecule has 110 valence electrons. The van der Waals surface area contributed by atoms with Gasteiger partial charge in [0.05, 0.1) is 27.5 Å². The molecule has 0 spiro atoms. The molecule has 4 aromatic rings. The molecule has 0 radical (unpaired) electrons. The molecule has 0 saturated heterocycles. The lowest BCUT2D eigenvalue weighted by molar-refractivity contribution is 1.17. The first-order chi connectivity index (χ1) is 11.4. The third-order valence-electron chi connectivity index (χ3n) is 3.50. The quantitative estimate of drug-likeness (QED) is 0.564. The average molecular weight is 316 g/mol. The smallest absolute Gasteiger partial charge is 0.116 e. The van der Waals surface area contributed by atoms with Crippen LogP contribution in [0.25, 0.3) is 33.1 Å². The van der Waals surface area contributed by atoms with Crippen LogP contribution in [0.5, 0.6) is 0 Å². The molecule has 0 aliphatic rings. The van der Waals surface area contributed by atoms with Crippen LogP contribution in [0.3, 0.4) is 0 Å². The molecule has 0 fully saturated rings. The largest absolute Gasteiger partial charge is 0.255 e. The highest BCUT2D eigenvalue weighted by molar-refractivity contribution is 7.13. The molecule has 0 aliphatic heterocycles. The minimum atomic E-state index is 0.857. The molecule has 0 N–H and O–H groups in total. The highest BCUT2D eigenvalue weighted by atomic mass is 32.1. The fourth-order valence-corrected chi connectivity index (χ4v) is 3.28. The second-order valence-corrected chi connectivity index (χ2v) is 5.75. The van der Waals surface area contributed by atoms with E-state index in [1.54, 1.807) is 30.1 Å². The molecule has 0 aliphatic carbocycles. The van der Waals surface area contributed by atoms with Gasteiger partial charge in [-0.2, -0.15) is 0 Å². The Bertz CT molecular complexity index is 920. The summed E-state index contributed by atoms with van der Waals surface area (Å²) in [6.45, 7) is 0. The van der Waals surface area contributed by atoms with Gasteiger partial charge in [-0.05, 0) is 18.2 Å². The van der Waals surface area contributed by atoms with Crippen LogP contribution in [0.4, 0.5) is 0 Å². The third kappa shape index (κ3) is 2.62. The first-order valence-electron chi connectivity index (χ1n) is 7.14. The Morgan fingerprint density at radius 3 is 2.48 bits per heavy atom. The molecule has 5 heteroatoms. The van der Waals surface area contributed by atoms with Crippen molar-refractivity contribution in [2.75, 3.05) is 0 Å². The Kier molecular flexibility index (Phi) is 3.62. The van der Waals surface area contributed by atoms with Crippen molar-refractivity contribution < 1.29 is 0 Å². The first-order valence-corrected chi connectivity index (χ1v) is 8.02. The highest BCUT2D eigenvalue weighted by Gasteiger charge is 2.16. The molecule has 23 heavy (non-hydrogen) atoms. The number of hydrogen-bond donors (Lipinski definition) is 0. The highest BCUT2D eigenvalue weighted by Crippen LogP contribution is 2.37. The standard InChI is InChI=1S/C18H12N4S/c1-2-5-13(6-3-1)16-18(23-12-22-16)17-14(7-4-9-20-17)15-8-10-19-11-21-15/h1-12H. The SMILES string of the molecule is c1ccc(-c2ncsc2-c2ncccc2-c2ccncn2)cc1. The van der Waals surface area contributed by atoms with Crippen LogP contribution in [0.2, 0.25) is 0 Å². The van der Waals surface area contributed by atoms with E-state index < -0.39 is 0 Å². The van der Waals surface area contributed by atoms with Crippen molar-refractivity contribution in [1.82, 2.24) is 19.9 Å². The average Bonchev–Trinajstić information content (AvgIpc) is 3.13. The van der Waals surface area contributed by atoms with Crippen LogP contribution in [0.1, 0.15) is 0 Å². The van der Waals surface area contributed by atoms with Crippen LogP contribution in [-0.4, -0.2) is 19.9 Å². The van der Waals surface area contributed by atoms with Gasteiger partial charge in [0.15, 0.2) is 0 Å². The van der Waals surface area contributed by atoms with Gasteiger partial charge < -0.3 is 0 Å². The van der Waals surface area contributed by atoms with Crippen molar-refractivity contribution in [3.8, 4) is 33.1 Å². The lowest BCUT2D eigenvalue weighted by Crippen LogP contribution is -1.91. The van der Waals surface area contributed by atoms with Gasteiger partial charge in [0.25, 0.3) is 0 Å². The van der Waals surface area contributed by atoms with Crippen LogP contribution >= 0.6 is 11.3 Å². The summed E-state index contributed by atoms with van der Waals surface area (Å²) in [6, 6.07) is 16.0. The molecular formula is C18H12N4S. The van der Waals surface area contributed by atoms with Gasteiger partial charge in [-0.15, -0.1) is 11.3 Å². The molecule has 4 nitrogen and oxygen atoms in total. The number of rotatable bonds is 3. The fourth-order valence-electron chi connectivity index (χ4n) is 2.46. The number of nitrogens with zero attached hydrogens (tertiary/aromatic N) is 4. The maximum atomic E-state index is 4.59. The molecule has 0 amide bonds. The van der Waals surface area contributed by atoms with Crippen LogP contribution in [0.15, 0.2) is 72.8 Å². The number of benzene rings is 1. The Morgan fingerprint density at radius 1 is 0.739 bits per heavy atom. The van der Waals surface area contributed by atoms with E-state index in [0.29, 0.717) is 0 Å². The van der Waals surface area contributed by atoms with Crippen LogP contribution < -0.4 is 0 Å². The summed E-state index contributed by atoms with van der Waals surface area (Å²) in [5.74, 6) is 0. The molecule has 3 aromatic heterocycles. The van der Waals surface area contributed by atoms with Gasteiger partial charge in [-0.1, -0.05) is 30.3 Å². The Morgan fingerprint density at radius 2 is 1.65 bits per heavy atom. The van der Waals surface area contributed by atoms with Crippen molar-refractivity contribution in [3.63, 3.8) is 0 Å². The van der Waals surface area contributed by atoms with E-state index in [1.165, 1.54) is 0 Å². The predicted octanol–water partition coefficient (Wildman–Crippen LogP) is 4.33. The van der Waals surface area contributed by atoms with Gasteiger partial charge in [0.1, 0.15) is 6.33 Å². The molecule has 0 bridgehead atoms. The second kappa shape index (κ2) is 6.06. The first kappa shape index (κ1) is 13.7. The maximum Gasteiger partial charge on any atom is 0.116 e.